The highest BCUT2D eigenvalue weighted by Gasteiger charge is 2.15. The van der Waals surface area contributed by atoms with E-state index in [1.165, 1.54) is 6.92 Å². The third-order valence-electron chi connectivity index (χ3n) is 1.88. The summed E-state index contributed by atoms with van der Waals surface area (Å²) < 4.78 is 12.9. The van der Waals surface area contributed by atoms with E-state index >= 15 is 0 Å². The van der Waals surface area contributed by atoms with Gasteiger partial charge in [-0.15, -0.1) is 0 Å². The van der Waals surface area contributed by atoms with Crippen LogP contribution in [0.3, 0.4) is 0 Å². The van der Waals surface area contributed by atoms with Gasteiger partial charge >= 0.3 is 5.97 Å². The van der Waals surface area contributed by atoms with Crippen LogP contribution in [0.15, 0.2) is 18.2 Å². The van der Waals surface area contributed by atoms with Crippen LogP contribution < -0.4 is 11.1 Å². The van der Waals surface area contributed by atoms with Crippen LogP contribution in [0.25, 0.3) is 0 Å². The van der Waals surface area contributed by atoms with Gasteiger partial charge in [0.1, 0.15) is 5.82 Å². The maximum absolute atomic E-state index is 12.9. The number of amides is 1. The molecule has 86 valence electrons. The van der Waals surface area contributed by atoms with Gasteiger partial charge in [-0.2, -0.15) is 0 Å². The average molecular weight is 226 g/mol. The monoisotopic (exact) mass is 226 g/mol. The van der Waals surface area contributed by atoms with E-state index in [2.05, 4.69) is 5.32 Å². The summed E-state index contributed by atoms with van der Waals surface area (Å²) in [5.74, 6) is -2.46. The van der Waals surface area contributed by atoms with Crippen LogP contribution in [0.5, 0.6) is 0 Å². The number of halogens is 1. The second-order valence-electron chi connectivity index (χ2n) is 3.27. The molecule has 1 atom stereocenters. The lowest BCUT2D eigenvalue weighted by Crippen LogP contribution is -2.33. The molecule has 6 heteroatoms. The Hall–Kier alpha value is -1.95. The molecule has 0 fully saturated rings. The summed E-state index contributed by atoms with van der Waals surface area (Å²) in [6, 6.07) is 2.22. The van der Waals surface area contributed by atoms with Crippen LogP contribution in [-0.4, -0.2) is 23.0 Å². The first-order chi connectivity index (χ1) is 7.41. The number of rotatable bonds is 3. The Bertz CT molecular complexity index is 432. The summed E-state index contributed by atoms with van der Waals surface area (Å²) in [5, 5.41) is 11.1. The number of carbonyl (C=O) groups excluding carboxylic acids is 1. The van der Waals surface area contributed by atoms with Crippen LogP contribution in [0.4, 0.5) is 10.1 Å². The van der Waals surface area contributed by atoms with Crippen molar-refractivity contribution < 1.29 is 19.1 Å². The second-order valence-corrected chi connectivity index (χ2v) is 3.27. The SMILES string of the molecule is C[C@@H](N)C(=O)Nc1cc(F)ccc1C(=O)O. The van der Waals surface area contributed by atoms with E-state index in [1.54, 1.807) is 0 Å². The molecule has 0 aromatic heterocycles. The zero-order valence-corrected chi connectivity index (χ0v) is 8.53. The van der Waals surface area contributed by atoms with Gasteiger partial charge in [0.2, 0.25) is 5.91 Å². The summed E-state index contributed by atoms with van der Waals surface area (Å²) in [6.07, 6.45) is 0. The van der Waals surface area contributed by atoms with Crippen molar-refractivity contribution in [3.63, 3.8) is 0 Å². The predicted octanol–water partition coefficient (Wildman–Crippen LogP) is 0.810. The van der Waals surface area contributed by atoms with Crippen molar-refractivity contribution in [2.24, 2.45) is 5.73 Å². The van der Waals surface area contributed by atoms with Gasteiger partial charge in [-0.05, 0) is 25.1 Å². The fraction of sp³-hybridized carbons (Fsp3) is 0.200. The maximum Gasteiger partial charge on any atom is 0.337 e. The fourth-order valence-corrected chi connectivity index (χ4v) is 1.05. The molecule has 0 unspecified atom stereocenters. The van der Waals surface area contributed by atoms with Crippen molar-refractivity contribution in [3.05, 3.63) is 29.6 Å². The van der Waals surface area contributed by atoms with Gasteiger partial charge in [0, 0.05) is 0 Å². The molecule has 0 spiro atoms. The lowest BCUT2D eigenvalue weighted by Gasteiger charge is -2.10. The first-order valence-electron chi connectivity index (χ1n) is 4.51. The van der Waals surface area contributed by atoms with Gasteiger partial charge in [0.15, 0.2) is 0 Å². The molecule has 1 amide bonds. The van der Waals surface area contributed by atoms with Gasteiger partial charge in [-0.3, -0.25) is 4.79 Å². The molecule has 0 radical (unpaired) electrons. The highest BCUT2D eigenvalue weighted by Crippen LogP contribution is 2.17. The predicted molar refractivity (Wildman–Crippen MR) is 55.6 cm³/mol. The Morgan fingerprint density at radius 1 is 1.50 bits per heavy atom. The zero-order valence-electron chi connectivity index (χ0n) is 8.53. The number of hydrogen-bond acceptors (Lipinski definition) is 3. The Labute approximate surface area is 91.1 Å². The van der Waals surface area contributed by atoms with Crippen molar-refractivity contribution in [1.82, 2.24) is 0 Å². The van der Waals surface area contributed by atoms with E-state index in [0.717, 1.165) is 18.2 Å². The second kappa shape index (κ2) is 4.71. The van der Waals surface area contributed by atoms with E-state index < -0.39 is 23.7 Å². The Morgan fingerprint density at radius 2 is 2.12 bits per heavy atom. The minimum Gasteiger partial charge on any atom is -0.478 e. The van der Waals surface area contributed by atoms with E-state index in [-0.39, 0.29) is 11.3 Å². The molecule has 4 N–H and O–H groups in total. The molecule has 0 aliphatic carbocycles. The molecule has 0 saturated carbocycles. The normalized spacial score (nSPS) is 11.9. The fourth-order valence-electron chi connectivity index (χ4n) is 1.05. The number of hydrogen-bond donors (Lipinski definition) is 3. The topological polar surface area (TPSA) is 92.4 Å². The van der Waals surface area contributed by atoms with Crippen LogP contribution in [0.2, 0.25) is 0 Å². The van der Waals surface area contributed by atoms with Crippen LogP contribution >= 0.6 is 0 Å². The van der Waals surface area contributed by atoms with Crippen molar-refractivity contribution >= 4 is 17.6 Å². The van der Waals surface area contributed by atoms with E-state index in [0.29, 0.717) is 0 Å². The lowest BCUT2D eigenvalue weighted by molar-refractivity contribution is -0.117. The molecule has 1 aromatic rings. The van der Waals surface area contributed by atoms with E-state index in [4.69, 9.17) is 10.8 Å². The van der Waals surface area contributed by atoms with Crippen molar-refractivity contribution in [3.8, 4) is 0 Å². The summed E-state index contributed by atoms with van der Waals surface area (Å²) in [6.45, 7) is 1.44. The molecule has 0 aliphatic rings. The minimum absolute atomic E-state index is 0.102. The van der Waals surface area contributed by atoms with Gasteiger partial charge < -0.3 is 16.2 Å². The van der Waals surface area contributed by atoms with Crippen LogP contribution in [-0.2, 0) is 4.79 Å². The molecule has 0 heterocycles. The maximum atomic E-state index is 12.9. The number of carboxylic acids is 1. The van der Waals surface area contributed by atoms with Crippen molar-refractivity contribution in [2.45, 2.75) is 13.0 Å². The van der Waals surface area contributed by atoms with Crippen molar-refractivity contribution in [1.29, 1.82) is 0 Å². The number of benzene rings is 1. The van der Waals surface area contributed by atoms with Gasteiger partial charge in [-0.1, -0.05) is 0 Å². The number of carboxylic acid groups (broad SMARTS) is 1. The summed E-state index contributed by atoms with van der Waals surface area (Å²) in [7, 11) is 0. The highest BCUT2D eigenvalue weighted by molar-refractivity contribution is 6.01. The summed E-state index contributed by atoms with van der Waals surface area (Å²) in [5.41, 5.74) is 5.01. The lowest BCUT2D eigenvalue weighted by atomic mass is 10.1. The summed E-state index contributed by atoms with van der Waals surface area (Å²) in [4.78, 5) is 22.0. The first-order valence-corrected chi connectivity index (χ1v) is 4.51. The van der Waals surface area contributed by atoms with Gasteiger partial charge in [0.25, 0.3) is 0 Å². The standard InChI is InChI=1S/C10H11FN2O3/c1-5(12)9(14)13-8-4-6(11)2-3-7(8)10(15)16/h2-5H,12H2,1H3,(H,13,14)(H,15,16)/t5-/m1/s1. The van der Waals surface area contributed by atoms with Crippen molar-refractivity contribution in [2.75, 3.05) is 5.32 Å². The number of carbonyl (C=O) groups is 2. The largest absolute Gasteiger partial charge is 0.478 e. The van der Waals surface area contributed by atoms with Gasteiger partial charge in [0.05, 0.1) is 17.3 Å². The third-order valence-corrected chi connectivity index (χ3v) is 1.88. The Morgan fingerprint density at radius 3 is 2.62 bits per heavy atom. The number of nitrogens with two attached hydrogens (primary N) is 1. The van der Waals surface area contributed by atoms with Gasteiger partial charge in [-0.25, -0.2) is 9.18 Å². The number of nitrogens with one attached hydrogen (secondary N) is 1. The zero-order chi connectivity index (χ0) is 12.3. The smallest absolute Gasteiger partial charge is 0.337 e. The molecular formula is C10H11FN2O3. The summed E-state index contributed by atoms with van der Waals surface area (Å²) >= 11 is 0. The molecule has 1 aromatic carbocycles. The van der Waals surface area contributed by atoms with Crippen LogP contribution in [0, 0.1) is 5.82 Å². The third kappa shape index (κ3) is 2.77. The Balaban J connectivity index is 3.06. The van der Waals surface area contributed by atoms with Crippen LogP contribution in [0.1, 0.15) is 17.3 Å². The van der Waals surface area contributed by atoms with E-state index in [1.807, 2.05) is 0 Å². The number of anilines is 1. The quantitative estimate of drug-likeness (QED) is 0.711. The molecule has 0 bridgehead atoms. The molecule has 16 heavy (non-hydrogen) atoms. The number of aromatic carboxylic acids is 1. The average Bonchev–Trinajstić information content (AvgIpc) is 2.16. The first kappa shape index (κ1) is 12.1. The molecule has 5 nitrogen and oxygen atoms in total. The Kier molecular flexibility index (Phi) is 3.57. The molecular weight excluding hydrogens is 215 g/mol. The van der Waals surface area contributed by atoms with E-state index in [9.17, 15) is 14.0 Å². The minimum atomic E-state index is -1.25. The highest BCUT2D eigenvalue weighted by atomic mass is 19.1. The molecule has 1 rings (SSSR count). The molecule has 0 aliphatic heterocycles. The molecule has 0 saturated heterocycles.